The van der Waals surface area contributed by atoms with E-state index in [4.69, 9.17) is 4.98 Å². The SMILES string of the molecule is CC(C)(C)c1cc(-c2nccc3cc(-c4cnc5ccsc5c4)sc23)cc2ccccc12. The van der Waals surface area contributed by atoms with E-state index in [1.165, 1.54) is 47.1 Å². The van der Waals surface area contributed by atoms with Crippen molar-refractivity contribution in [2.75, 3.05) is 0 Å². The van der Waals surface area contributed by atoms with Gasteiger partial charge in [0.15, 0.2) is 0 Å². The van der Waals surface area contributed by atoms with Crippen molar-refractivity contribution in [3.63, 3.8) is 0 Å². The average Bonchev–Trinajstić information content (AvgIpc) is 3.43. The van der Waals surface area contributed by atoms with Gasteiger partial charge in [-0.2, -0.15) is 0 Å². The Morgan fingerprint density at radius 3 is 2.56 bits per heavy atom. The second-order valence-electron chi connectivity index (χ2n) is 9.21. The molecular formula is C28H22N2S2. The summed E-state index contributed by atoms with van der Waals surface area (Å²) in [4.78, 5) is 10.7. The Kier molecular flexibility index (Phi) is 4.42. The highest BCUT2D eigenvalue weighted by molar-refractivity contribution is 7.22. The largest absolute Gasteiger partial charge is 0.255 e. The monoisotopic (exact) mass is 450 g/mol. The zero-order valence-electron chi connectivity index (χ0n) is 18.2. The molecule has 0 amide bonds. The molecule has 0 unspecified atom stereocenters. The van der Waals surface area contributed by atoms with Crippen molar-refractivity contribution in [3.05, 3.63) is 84.0 Å². The zero-order valence-corrected chi connectivity index (χ0v) is 19.8. The van der Waals surface area contributed by atoms with Gasteiger partial charge in [-0.15, -0.1) is 22.7 Å². The number of hydrogen-bond acceptors (Lipinski definition) is 4. The molecule has 0 atom stereocenters. The molecule has 0 aliphatic heterocycles. The number of rotatable bonds is 2. The van der Waals surface area contributed by atoms with Crippen molar-refractivity contribution >= 4 is 53.7 Å². The van der Waals surface area contributed by atoms with E-state index in [0.29, 0.717) is 0 Å². The molecule has 0 N–H and O–H groups in total. The summed E-state index contributed by atoms with van der Waals surface area (Å²) >= 11 is 3.54. The Morgan fingerprint density at radius 1 is 0.812 bits per heavy atom. The Hall–Kier alpha value is -3.08. The van der Waals surface area contributed by atoms with Crippen LogP contribution in [0.1, 0.15) is 26.3 Å². The lowest BCUT2D eigenvalue weighted by Gasteiger charge is -2.22. The van der Waals surface area contributed by atoms with E-state index in [1.807, 2.05) is 12.4 Å². The van der Waals surface area contributed by atoms with Crippen LogP contribution in [0.25, 0.3) is 52.8 Å². The predicted octanol–water partition coefficient (Wildman–Crippen LogP) is 8.69. The van der Waals surface area contributed by atoms with Crippen molar-refractivity contribution in [2.24, 2.45) is 0 Å². The minimum Gasteiger partial charge on any atom is -0.255 e. The lowest BCUT2D eigenvalue weighted by Crippen LogP contribution is -2.12. The van der Waals surface area contributed by atoms with Gasteiger partial charge in [-0.1, -0.05) is 45.0 Å². The number of thiophene rings is 2. The molecule has 0 saturated heterocycles. The van der Waals surface area contributed by atoms with Crippen molar-refractivity contribution in [2.45, 2.75) is 26.2 Å². The maximum Gasteiger partial charge on any atom is 0.0880 e. The van der Waals surface area contributed by atoms with Crippen LogP contribution in [0.15, 0.2) is 78.4 Å². The van der Waals surface area contributed by atoms with Crippen molar-refractivity contribution in [1.29, 1.82) is 0 Å². The van der Waals surface area contributed by atoms with E-state index in [2.05, 4.69) is 91.8 Å². The van der Waals surface area contributed by atoms with E-state index in [-0.39, 0.29) is 5.41 Å². The molecule has 0 aliphatic rings. The first-order valence-electron chi connectivity index (χ1n) is 10.7. The van der Waals surface area contributed by atoms with Gasteiger partial charge in [0.2, 0.25) is 0 Å². The van der Waals surface area contributed by atoms with Crippen molar-refractivity contribution < 1.29 is 0 Å². The number of benzene rings is 2. The van der Waals surface area contributed by atoms with Crippen LogP contribution in [0, 0.1) is 0 Å². The Morgan fingerprint density at radius 2 is 1.69 bits per heavy atom. The molecule has 2 nitrogen and oxygen atoms in total. The van der Waals surface area contributed by atoms with Gasteiger partial charge in [0.25, 0.3) is 0 Å². The highest BCUT2D eigenvalue weighted by Crippen LogP contribution is 2.41. The van der Waals surface area contributed by atoms with Crippen LogP contribution in [-0.2, 0) is 5.41 Å². The lowest BCUT2D eigenvalue weighted by atomic mass is 9.82. The highest BCUT2D eigenvalue weighted by atomic mass is 32.1. The molecule has 0 spiro atoms. The van der Waals surface area contributed by atoms with Crippen molar-refractivity contribution in [3.8, 4) is 21.7 Å². The molecule has 6 rings (SSSR count). The summed E-state index contributed by atoms with van der Waals surface area (Å²) < 4.78 is 2.45. The molecule has 2 aromatic carbocycles. The molecule has 4 heteroatoms. The molecule has 156 valence electrons. The zero-order chi connectivity index (χ0) is 21.9. The maximum absolute atomic E-state index is 4.85. The minimum atomic E-state index is 0.0475. The smallest absolute Gasteiger partial charge is 0.0880 e. The number of nitrogens with zero attached hydrogens (tertiary/aromatic N) is 2. The quantitative estimate of drug-likeness (QED) is 0.264. The second kappa shape index (κ2) is 7.22. The van der Waals surface area contributed by atoms with E-state index in [9.17, 15) is 0 Å². The standard InChI is InChI=1S/C28H22N2S2/c1-28(2,3)22-13-19(12-17-6-4-5-7-21(17)22)26-27-18(8-10-29-26)14-24(32-27)20-15-25-23(30-16-20)9-11-31-25/h4-16H,1-3H3. The topological polar surface area (TPSA) is 25.8 Å². The second-order valence-corrected chi connectivity index (χ2v) is 11.2. The number of aromatic nitrogens is 2. The van der Waals surface area contributed by atoms with Crippen LogP contribution in [0.4, 0.5) is 0 Å². The third kappa shape index (κ3) is 3.22. The van der Waals surface area contributed by atoms with Gasteiger partial charge < -0.3 is 0 Å². The van der Waals surface area contributed by atoms with Gasteiger partial charge in [-0.3, -0.25) is 9.97 Å². The molecule has 4 heterocycles. The molecule has 0 aliphatic carbocycles. The van der Waals surface area contributed by atoms with E-state index in [1.54, 1.807) is 22.7 Å². The van der Waals surface area contributed by atoms with Crippen LogP contribution in [0.2, 0.25) is 0 Å². The van der Waals surface area contributed by atoms with Crippen LogP contribution < -0.4 is 0 Å². The predicted molar refractivity (Wildman–Crippen MR) is 140 cm³/mol. The van der Waals surface area contributed by atoms with Gasteiger partial charge in [0.05, 0.1) is 20.6 Å². The average molecular weight is 451 g/mol. The number of pyridine rings is 2. The van der Waals surface area contributed by atoms with Crippen LogP contribution in [0.3, 0.4) is 0 Å². The fourth-order valence-corrected chi connectivity index (χ4v) is 6.29. The van der Waals surface area contributed by atoms with Gasteiger partial charge in [-0.25, -0.2) is 0 Å². The summed E-state index contributed by atoms with van der Waals surface area (Å²) in [5, 5.41) is 5.91. The van der Waals surface area contributed by atoms with Crippen molar-refractivity contribution in [1.82, 2.24) is 9.97 Å². The summed E-state index contributed by atoms with van der Waals surface area (Å²) in [7, 11) is 0. The molecule has 4 aromatic heterocycles. The first-order valence-corrected chi connectivity index (χ1v) is 12.4. The molecule has 0 saturated carbocycles. The van der Waals surface area contributed by atoms with E-state index >= 15 is 0 Å². The molecule has 0 bridgehead atoms. The summed E-state index contributed by atoms with van der Waals surface area (Å²) in [6.07, 6.45) is 3.92. The fourth-order valence-electron chi connectivity index (χ4n) is 4.36. The van der Waals surface area contributed by atoms with Crippen LogP contribution in [0.5, 0.6) is 0 Å². The fraction of sp³-hybridized carbons (Fsp3) is 0.143. The molecule has 6 aromatic rings. The highest BCUT2D eigenvalue weighted by Gasteiger charge is 2.20. The molecule has 32 heavy (non-hydrogen) atoms. The van der Waals surface area contributed by atoms with Gasteiger partial charge in [-0.05, 0) is 68.9 Å². The van der Waals surface area contributed by atoms with E-state index < -0.39 is 0 Å². The first-order chi connectivity index (χ1) is 15.5. The minimum absolute atomic E-state index is 0.0475. The normalized spacial score (nSPS) is 12.2. The Bertz CT molecular complexity index is 1620. The number of hydrogen-bond donors (Lipinski definition) is 0. The third-order valence-electron chi connectivity index (χ3n) is 5.96. The van der Waals surface area contributed by atoms with Gasteiger partial charge >= 0.3 is 0 Å². The summed E-state index contributed by atoms with van der Waals surface area (Å²) in [5.41, 5.74) is 5.87. The first kappa shape index (κ1) is 19.6. The number of fused-ring (bicyclic) bond motifs is 3. The Labute approximate surface area is 195 Å². The molecule has 0 radical (unpaired) electrons. The van der Waals surface area contributed by atoms with Crippen LogP contribution in [-0.4, -0.2) is 9.97 Å². The van der Waals surface area contributed by atoms with Gasteiger partial charge in [0.1, 0.15) is 0 Å². The van der Waals surface area contributed by atoms with E-state index in [0.717, 1.165) is 11.2 Å². The summed E-state index contributed by atoms with van der Waals surface area (Å²) in [5.74, 6) is 0. The van der Waals surface area contributed by atoms with Gasteiger partial charge in [0, 0.05) is 28.4 Å². The summed E-state index contributed by atoms with van der Waals surface area (Å²) in [6, 6.07) is 22.0. The third-order valence-corrected chi connectivity index (χ3v) is 8.02. The molecule has 0 fully saturated rings. The lowest BCUT2D eigenvalue weighted by molar-refractivity contribution is 0.596. The van der Waals surface area contributed by atoms with Crippen LogP contribution >= 0.6 is 22.7 Å². The molecular weight excluding hydrogens is 428 g/mol. The summed E-state index contributed by atoms with van der Waals surface area (Å²) in [6.45, 7) is 6.84. The maximum atomic E-state index is 4.85. The Balaban J connectivity index is 1.56.